The maximum Gasteiger partial charge on any atom is 0.305 e. The number of aliphatic hydroxyl groups is 2. The van der Waals surface area contributed by atoms with Crippen LogP contribution < -0.4 is 0 Å². The zero-order valence-electron chi connectivity index (χ0n) is 28.4. The molecule has 6 heteroatoms. The Kier molecular flexibility index (Phi) is 30.6. The molecule has 6 nitrogen and oxygen atoms in total. The first-order chi connectivity index (χ1) is 21.3. The fourth-order valence-electron chi connectivity index (χ4n) is 4.54. The summed E-state index contributed by atoms with van der Waals surface area (Å²) < 4.78 is 10.2. The van der Waals surface area contributed by atoms with Crippen molar-refractivity contribution in [2.45, 2.75) is 161 Å². The lowest BCUT2D eigenvalue weighted by molar-refractivity contribution is -0.152. The molecule has 0 aromatic rings. The van der Waals surface area contributed by atoms with Crippen LogP contribution >= 0.6 is 0 Å². The first-order valence-corrected chi connectivity index (χ1v) is 17.6. The third-order valence-electron chi connectivity index (χ3n) is 7.41. The highest BCUT2D eigenvalue weighted by atomic mass is 16.6. The fourth-order valence-corrected chi connectivity index (χ4v) is 4.54. The van der Waals surface area contributed by atoms with Crippen LogP contribution in [0.5, 0.6) is 0 Å². The van der Waals surface area contributed by atoms with Crippen molar-refractivity contribution in [2.75, 3.05) is 13.2 Å². The van der Waals surface area contributed by atoms with Gasteiger partial charge in [-0.2, -0.15) is 0 Å². The normalized spacial score (nSPS) is 13.6. The van der Waals surface area contributed by atoms with Crippen molar-refractivity contribution < 1.29 is 29.3 Å². The van der Waals surface area contributed by atoms with Crippen molar-refractivity contribution >= 4 is 11.9 Å². The van der Waals surface area contributed by atoms with Crippen LogP contribution in [0.15, 0.2) is 48.6 Å². The van der Waals surface area contributed by atoms with Gasteiger partial charge < -0.3 is 19.7 Å². The van der Waals surface area contributed by atoms with Crippen LogP contribution in [0.2, 0.25) is 0 Å². The first kappa shape index (κ1) is 41.8. The van der Waals surface area contributed by atoms with Crippen LogP contribution in [0.3, 0.4) is 0 Å². The van der Waals surface area contributed by atoms with Crippen LogP contribution in [0.25, 0.3) is 0 Å². The van der Waals surface area contributed by atoms with Crippen molar-refractivity contribution in [1.29, 1.82) is 0 Å². The number of carbonyl (C=O) groups is 2. The number of unbranched alkanes of at least 4 members (excludes halogenated alkanes) is 9. The summed E-state index contributed by atoms with van der Waals surface area (Å²) in [6.45, 7) is 6.27. The Labute approximate surface area is 270 Å². The number of aliphatic hydroxyl groups excluding tert-OH is 2. The van der Waals surface area contributed by atoms with Crippen molar-refractivity contribution in [2.24, 2.45) is 5.92 Å². The quantitative estimate of drug-likeness (QED) is 0.0473. The van der Waals surface area contributed by atoms with Gasteiger partial charge in [-0.3, -0.25) is 9.59 Å². The van der Waals surface area contributed by atoms with E-state index in [0.717, 1.165) is 70.1 Å². The first-order valence-electron chi connectivity index (χ1n) is 17.6. The SMILES string of the molecule is CC[C@H](O)CC/C=C\C/C=C\C/C=C\C/C=C\CCCC(=O)OC[C@@H](O)COC(=O)CCCCCCCCCCCC(C)C. The second-order valence-electron chi connectivity index (χ2n) is 12.3. The highest BCUT2D eigenvalue weighted by Gasteiger charge is 2.12. The number of carbonyl (C=O) groups excluding carboxylic acids is 2. The molecular formula is C38H66O6. The van der Waals surface area contributed by atoms with Crippen molar-refractivity contribution in [3.05, 3.63) is 48.6 Å². The van der Waals surface area contributed by atoms with E-state index in [-0.39, 0.29) is 31.3 Å². The summed E-state index contributed by atoms with van der Waals surface area (Å²) in [6.07, 6.45) is 35.4. The summed E-state index contributed by atoms with van der Waals surface area (Å²) in [5, 5.41) is 19.5. The molecule has 0 aliphatic heterocycles. The van der Waals surface area contributed by atoms with Gasteiger partial charge in [-0.1, -0.05) is 127 Å². The summed E-state index contributed by atoms with van der Waals surface area (Å²) in [4.78, 5) is 23.8. The predicted molar refractivity (Wildman–Crippen MR) is 183 cm³/mol. The smallest absolute Gasteiger partial charge is 0.305 e. The van der Waals surface area contributed by atoms with Crippen LogP contribution in [-0.4, -0.2) is 47.6 Å². The third kappa shape index (κ3) is 32.7. The van der Waals surface area contributed by atoms with Crippen LogP contribution in [0.1, 0.15) is 149 Å². The summed E-state index contributed by atoms with van der Waals surface area (Å²) >= 11 is 0. The Hall–Kier alpha value is -2.18. The van der Waals surface area contributed by atoms with Gasteiger partial charge in [0, 0.05) is 12.8 Å². The van der Waals surface area contributed by atoms with E-state index < -0.39 is 6.10 Å². The van der Waals surface area contributed by atoms with Crippen LogP contribution in [0.4, 0.5) is 0 Å². The van der Waals surface area contributed by atoms with E-state index in [2.05, 4.69) is 62.5 Å². The Bertz CT molecular complexity index is 782. The molecule has 0 aromatic heterocycles. The molecule has 0 spiro atoms. The molecule has 0 unspecified atom stereocenters. The zero-order valence-corrected chi connectivity index (χ0v) is 28.4. The van der Waals surface area contributed by atoms with Gasteiger partial charge in [-0.25, -0.2) is 0 Å². The van der Waals surface area contributed by atoms with E-state index in [1.54, 1.807) is 0 Å². The monoisotopic (exact) mass is 618 g/mol. The van der Waals surface area contributed by atoms with E-state index in [1.165, 1.54) is 44.9 Å². The number of hydrogen-bond acceptors (Lipinski definition) is 6. The molecule has 0 bridgehead atoms. The minimum absolute atomic E-state index is 0.142. The lowest BCUT2D eigenvalue weighted by Gasteiger charge is -2.12. The van der Waals surface area contributed by atoms with Crippen molar-refractivity contribution in [1.82, 2.24) is 0 Å². The largest absolute Gasteiger partial charge is 0.463 e. The maximum atomic E-state index is 11.9. The predicted octanol–water partition coefficient (Wildman–Crippen LogP) is 9.50. The molecule has 0 aliphatic rings. The minimum atomic E-state index is -0.994. The number of ether oxygens (including phenoxy) is 2. The third-order valence-corrected chi connectivity index (χ3v) is 7.41. The van der Waals surface area contributed by atoms with E-state index in [0.29, 0.717) is 19.3 Å². The molecule has 0 amide bonds. The van der Waals surface area contributed by atoms with E-state index in [1.807, 2.05) is 6.92 Å². The summed E-state index contributed by atoms with van der Waals surface area (Å²) in [5.41, 5.74) is 0. The minimum Gasteiger partial charge on any atom is -0.463 e. The molecule has 0 aromatic carbocycles. The van der Waals surface area contributed by atoms with Gasteiger partial charge in [0.15, 0.2) is 0 Å². The lowest BCUT2D eigenvalue weighted by Crippen LogP contribution is -2.25. The average molecular weight is 619 g/mol. The molecule has 254 valence electrons. The van der Waals surface area contributed by atoms with Gasteiger partial charge in [-0.15, -0.1) is 0 Å². The number of esters is 2. The molecule has 0 saturated heterocycles. The molecule has 0 rings (SSSR count). The lowest BCUT2D eigenvalue weighted by atomic mass is 10.0. The zero-order chi connectivity index (χ0) is 32.5. The molecule has 0 heterocycles. The van der Waals surface area contributed by atoms with Gasteiger partial charge >= 0.3 is 11.9 Å². The molecule has 2 N–H and O–H groups in total. The van der Waals surface area contributed by atoms with E-state index in [9.17, 15) is 19.8 Å². The van der Waals surface area contributed by atoms with Crippen molar-refractivity contribution in [3.8, 4) is 0 Å². The molecule has 0 radical (unpaired) electrons. The number of hydrogen-bond donors (Lipinski definition) is 2. The maximum absolute atomic E-state index is 11.9. The Morgan fingerprint density at radius 2 is 0.977 bits per heavy atom. The molecule has 44 heavy (non-hydrogen) atoms. The van der Waals surface area contributed by atoms with Crippen LogP contribution in [0, 0.1) is 5.92 Å². The second-order valence-corrected chi connectivity index (χ2v) is 12.3. The highest BCUT2D eigenvalue weighted by Crippen LogP contribution is 2.13. The highest BCUT2D eigenvalue weighted by molar-refractivity contribution is 5.69. The number of allylic oxidation sites excluding steroid dienone is 8. The van der Waals surface area contributed by atoms with Gasteiger partial charge in [0.2, 0.25) is 0 Å². The Morgan fingerprint density at radius 1 is 0.545 bits per heavy atom. The fraction of sp³-hybridized carbons (Fsp3) is 0.737. The van der Waals surface area contributed by atoms with Crippen LogP contribution in [-0.2, 0) is 19.1 Å². The molecular weight excluding hydrogens is 552 g/mol. The molecule has 0 saturated carbocycles. The van der Waals surface area contributed by atoms with Gasteiger partial charge in [0.05, 0.1) is 6.10 Å². The second kappa shape index (κ2) is 32.2. The summed E-state index contributed by atoms with van der Waals surface area (Å²) in [6, 6.07) is 0. The average Bonchev–Trinajstić information content (AvgIpc) is 3.00. The Balaban J connectivity index is 3.59. The Morgan fingerprint density at radius 3 is 1.48 bits per heavy atom. The standard InChI is InChI=1S/C38H66O6/c1-4-35(39)29-25-21-17-13-9-7-5-6-8-10-14-18-22-26-30-37(41)43-32-36(40)33-44-38(42)31-27-23-19-15-11-12-16-20-24-28-34(2)3/h6-9,14,17-18,21,34-36,39-40H,4-5,10-13,15-16,19-20,22-33H2,1-3H3/b8-6-,9-7-,18-14-,21-17-/t35-,36+/m0/s1. The summed E-state index contributed by atoms with van der Waals surface area (Å²) in [5.74, 6) is 0.160. The molecule has 0 aliphatic carbocycles. The van der Waals surface area contributed by atoms with E-state index >= 15 is 0 Å². The van der Waals surface area contributed by atoms with Gasteiger partial charge in [-0.05, 0) is 63.7 Å². The topological polar surface area (TPSA) is 93.1 Å². The van der Waals surface area contributed by atoms with Gasteiger partial charge in [0.1, 0.15) is 19.3 Å². The molecule has 2 atom stereocenters. The number of rotatable bonds is 30. The molecule has 0 fully saturated rings. The van der Waals surface area contributed by atoms with Gasteiger partial charge in [0.25, 0.3) is 0 Å². The van der Waals surface area contributed by atoms with Crippen molar-refractivity contribution in [3.63, 3.8) is 0 Å². The van der Waals surface area contributed by atoms with E-state index in [4.69, 9.17) is 9.47 Å². The summed E-state index contributed by atoms with van der Waals surface area (Å²) in [7, 11) is 0.